The van der Waals surface area contributed by atoms with E-state index in [0.717, 1.165) is 39.8 Å². The van der Waals surface area contributed by atoms with E-state index in [1.807, 2.05) is 97.2 Å². The fourth-order valence-electron chi connectivity index (χ4n) is 2.78. The number of methoxy groups -OCH3 is 1. The summed E-state index contributed by atoms with van der Waals surface area (Å²) in [6, 6.07) is 25.4. The summed E-state index contributed by atoms with van der Waals surface area (Å²) in [5.41, 5.74) is 4.71. The number of aromatic amines is 1. The summed E-state index contributed by atoms with van der Waals surface area (Å²) in [5.74, 6) is 1.64. The first-order valence-corrected chi connectivity index (χ1v) is 9.24. The van der Waals surface area contributed by atoms with Gasteiger partial charge in [-0.2, -0.15) is 10.2 Å². The molecule has 0 aliphatic heterocycles. The monoisotopic (exact) mass is 380 g/mol. The maximum Gasteiger partial charge on any atom is 0.130 e. The Kier molecular flexibility index (Phi) is 5.58. The zero-order chi connectivity index (χ0) is 19.9. The van der Waals surface area contributed by atoms with E-state index in [9.17, 15) is 0 Å². The van der Waals surface area contributed by atoms with Crippen LogP contribution in [0.2, 0.25) is 0 Å². The molecule has 5 nitrogen and oxygen atoms in total. The van der Waals surface area contributed by atoms with Crippen LogP contribution in [0.15, 0.2) is 95.3 Å². The van der Waals surface area contributed by atoms with Crippen molar-refractivity contribution in [1.82, 2.24) is 9.97 Å². The van der Waals surface area contributed by atoms with Crippen LogP contribution < -0.4 is 4.74 Å². The van der Waals surface area contributed by atoms with Crippen molar-refractivity contribution in [3.05, 3.63) is 96.4 Å². The Hall–Kier alpha value is -3.99. The van der Waals surface area contributed by atoms with Gasteiger partial charge in [0.25, 0.3) is 0 Å². The van der Waals surface area contributed by atoms with Crippen molar-refractivity contribution in [2.75, 3.05) is 7.11 Å². The predicted molar refractivity (Wildman–Crippen MR) is 117 cm³/mol. The Morgan fingerprint density at radius 1 is 0.793 bits per heavy atom. The summed E-state index contributed by atoms with van der Waals surface area (Å²) in [7, 11) is 1.66. The lowest BCUT2D eigenvalue weighted by atomic mass is 10.1. The molecule has 0 spiro atoms. The molecule has 1 heterocycles. The molecule has 1 aromatic heterocycles. The summed E-state index contributed by atoms with van der Waals surface area (Å²) >= 11 is 0. The van der Waals surface area contributed by atoms with Crippen LogP contribution in [0.5, 0.6) is 5.75 Å². The number of H-pyrrole nitrogens is 1. The lowest BCUT2D eigenvalue weighted by Crippen LogP contribution is -1.81. The quantitative estimate of drug-likeness (QED) is 0.380. The number of hydrogen-bond donors (Lipinski definition) is 1. The Labute approximate surface area is 169 Å². The molecule has 0 saturated carbocycles. The molecule has 142 valence electrons. The number of nitrogens with zero attached hydrogens (tertiary/aromatic N) is 3. The number of azo groups is 1. The minimum Gasteiger partial charge on any atom is -0.497 e. The number of ether oxygens (including phenoxy) is 1. The van der Waals surface area contributed by atoms with E-state index in [1.54, 1.807) is 7.11 Å². The zero-order valence-electron chi connectivity index (χ0n) is 16.0. The Bertz CT molecular complexity index is 1110. The van der Waals surface area contributed by atoms with Gasteiger partial charge in [0.1, 0.15) is 11.6 Å². The SMILES string of the molecule is COc1ccc(/C=C/c2ncc(-c3ccc(N=Nc4ccccc4)cc3)[nH]2)cc1. The lowest BCUT2D eigenvalue weighted by Gasteiger charge is -1.99. The molecule has 0 unspecified atom stereocenters. The summed E-state index contributed by atoms with van der Waals surface area (Å²) < 4.78 is 5.18. The smallest absolute Gasteiger partial charge is 0.130 e. The van der Waals surface area contributed by atoms with Crippen molar-refractivity contribution >= 4 is 23.5 Å². The highest BCUT2D eigenvalue weighted by Gasteiger charge is 2.02. The van der Waals surface area contributed by atoms with Crippen LogP contribution >= 0.6 is 0 Å². The third-order valence-electron chi connectivity index (χ3n) is 4.36. The van der Waals surface area contributed by atoms with Gasteiger partial charge in [-0.15, -0.1) is 0 Å². The third-order valence-corrected chi connectivity index (χ3v) is 4.36. The minimum absolute atomic E-state index is 0.795. The highest BCUT2D eigenvalue weighted by atomic mass is 16.5. The molecular weight excluding hydrogens is 360 g/mol. The number of nitrogens with one attached hydrogen (secondary N) is 1. The molecule has 1 N–H and O–H groups in total. The van der Waals surface area contributed by atoms with Crippen molar-refractivity contribution in [3.63, 3.8) is 0 Å². The van der Waals surface area contributed by atoms with Crippen LogP contribution in [0.3, 0.4) is 0 Å². The molecule has 4 rings (SSSR count). The Morgan fingerprint density at radius 2 is 1.48 bits per heavy atom. The van der Waals surface area contributed by atoms with Crippen LogP contribution in [-0.2, 0) is 0 Å². The molecule has 5 heteroatoms. The van der Waals surface area contributed by atoms with E-state index < -0.39 is 0 Å². The van der Waals surface area contributed by atoms with Crippen molar-refractivity contribution in [3.8, 4) is 17.0 Å². The fourth-order valence-corrected chi connectivity index (χ4v) is 2.78. The number of rotatable bonds is 6. The second-order valence-electron chi connectivity index (χ2n) is 6.37. The van der Waals surface area contributed by atoms with Gasteiger partial charge in [-0.25, -0.2) is 4.98 Å². The molecule has 0 radical (unpaired) electrons. The molecule has 4 aromatic rings. The van der Waals surface area contributed by atoms with E-state index in [2.05, 4.69) is 20.2 Å². The number of imidazole rings is 1. The summed E-state index contributed by atoms with van der Waals surface area (Å²) in [5, 5.41) is 8.51. The molecule has 0 aliphatic rings. The highest BCUT2D eigenvalue weighted by molar-refractivity contribution is 5.69. The van der Waals surface area contributed by atoms with Gasteiger partial charge < -0.3 is 9.72 Å². The van der Waals surface area contributed by atoms with E-state index >= 15 is 0 Å². The fraction of sp³-hybridized carbons (Fsp3) is 0.0417. The Morgan fingerprint density at radius 3 is 2.17 bits per heavy atom. The first-order valence-electron chi connectivity index (χ1n) is 9.24. The first kappa shape index (κ1) is 18.4. The molecule has 29 heavy (non-hydrogen) atoms. The third kappa shape index (κ3) is 4.84. The molecule has 0 bridgehead atoms. The van der Waals surface area contributed by atoms with Crippen LogP contribution in [0.1, 0.15) is 11.4 Å². The molecule has 0 fully saturated rings. The standard InChI is InChI=1S/C24H20N4O/c1-29-22-14-7-18(8-15-22)9-16-24-25-17-23(26-24)19-10-12-21(13-11-19)28-27-20-5-3-2-4-6-20/h2-17H,1H3,(H,25,26)/b16-9+,28-27?. The van der Waals surface area contributed by atoms with E-state index in [0.29, 0.717) is 0 Å². The maximum absolute atomic E-state index is 5.18. The lowest BCUT2D eigenvalue weighted by molar-refractivity contribution is 0.415. The average Bonchev–Trinajstić information content (AvgIpc) is 3.27. The van der Waals surface area contributed by atoms with E-state index in [1.165, 1.54) is 0 Å². The van der Waals surface area contributed by atoms with Gasteiger partial charge in [-0.1, -0.05) is 48.5 Å². The van der Waals surface area contributed by atoms with Crippen molar-refractivity contribution in [1.29, 1.82) is 0 Å². The van der Waals surface area contributed by atoms with Gasteiger partial charge in [0, 0.05) is 0 Å². The van der Waals surface area contributed by atoms with Gasteiger partial charge >= 0.3 is 0 Å². The van der Waals surface area contributed by atoms with Gasteiger partial charge in [0.2, 0.25) is 0 Å². The van der Waals surface area contributed by atoms with Crippen molar-refractivity contribution in [2.45, 2.75) is 0 Å². The van der Waals surface area contributed by atoms with E-state index in [-0.39, 0.29) is 0 Å². The van der Waals surface area contributed by atoms with Crippen LogP contribution in [0.4, 0.5) is 11.4 Å². The summed E-state index contributed by atoms with van der Waals surface area (Å²) in [4.78, 5) is 7.75. The number of benzene rings is 3. The van der Waals surface area contributed by atoms with Crippen LogP contribution in [0, 0.1) is 0 Å². The van der Waals surface area contributed by atoms with E-state index in [4.69, 9.17) is 4.74 Å². The van der Waals surface area contributed by atoms with Gasteiger partial charge in [-0.05, 0) is 53.6 Å². The molecule has 3 aromatic carbocycles. The van der Waals surface area contributed by atoms with Crippen LogP contribution in [-0.4, -0.2) is 17.1 Å². The van der Waals surface area contributed by atoms with Gasteiger partial charge in [0.15, 0.2) is 0 Å². The summed E-state index contributed by atoms with van der Waals surface area (Å²) in [6.07, 6.45) is 5.79. The average molecular weight is 380 g/mol. The molecule has 0 saturated heterocycles. The largest absolute Gasteiger partial charge is 0.497 e. The molecule has 0 aliphatic carbocycles. The van der Waals surface area contributed by atoms with Crippen molar-refractivity contribution < 1.29 is 4.74 Å². The van der Waals surface area contributed by atoms with Gasteiger partial charge in [0.05, 0.1) is 30.4 Å². The highest BCUT2D eigenvalue weighted by Crippen LogP contribution is 2.23. The second-order valence-corrected chi connectivity index (χ2v) is 6.37. The first-order chi connectivity index (χ1) is 14.3. The zero-order valence-corrected chi connectivity index (χ0v) is 16.0. The topological polar surface area (TPSA) is 62.6 Å². The number of hydrogen-bond acceptors (Lipinski definition) is 4. The minimum atomic E-state index is 0.795. The second kappa shape index (κ2) is 8.80. The van der Waals surface area contributed by atoms with Gasteiger partial charge in [-0.3, -0.25) is 0 Å². The molecular formula is C24H20N4O. The molecule has 0 amide bonds. The number of aromatic nitrogens is 2. The van der Waals surface area contributed by atoms with Crippen molar-refractivity contribution in [2.24, 2.45) is 10.2 Å². The van der Waals surface area contributed by atoms with Crippen LogP contribution in [0.25, 0.3) is 23.4 Å². The predicted octanol–water partition coefficient (Wildman–Crippen LogP) is 6.67. The maximum atomic E-state index is 5.18. The summed E-state index contributed by atoms with van der Waals surface area (Å²) in [6.45, 7) is 0. The Balaban J connectivity index is 1.43. The molecule has 0 atom stereocenters. The normalized spacial score (nSPS) is 11.3.